The van der Waals surface area contributed by atoms with Crippen molar-refractivity contribution < 1.29 is 19.1 Å². The van der Waals surface area contributed by atoms with Crippen molar-refractivity contribution in [1.82, 2.24) is 10.7 Å². The molecule has 0 fully saturated rings. The lowest BCUT2D eigenvalue weighted by Crippen LogP contribution is -2.46. The molecule has 7 nitrogen and oxygen atoms in total. The first-order valence-corrected chi connectivity index (χ1v) is 14.1. The predicted octanol–water partition coefficient (Wildman–Crippen LogP) is 6.99. The van der Waals surface area contributed by atoms with E-state index in [2.05, 4.69) is 22.4 Å². The van der Waals surface area contributed by atoms with Gasteiger partial charge in [-0.15, -0.1) is 6.58 Å². The van der Waals surface area contributed by atoms with Gasteiger partial charge in [-0.05, 0) is 73.7 Å². The lowest BCUT2D eigenvalue weighted by Gasteiger charge is -2.19. The van der Waals surface area contributed by atoms with Crippen molar-refractivity contribution in [3.05, 3.63) is 106 Å². The predicted molar refractivity (Wildman–Crippen MR) is 165 cm³/mol. The molecule has 0 spiro atoms. The number of carbonyl (C=O) groups is 2. The van der Waals surface area contributed by atoms with Gasteiger partial charge in [-0.2, -0.15) is 5.10 Å². The Morgan fingerprint density at radius 3 is 2.41 bits per heavy atom. The molecule has 0 heterocycles. The van der Waals surface area contributed by atoms with E-state index in [1.54, 1.807) is 36.4 Å². The smallest absolute Gasteiger partial charge is 0.262 e. The monoisotopic (exact) mass is 595 g/mol. The van der Waals surface area contributed by atoms with E-state index in [9.17, 15) is 9.59 Å². The van der Waals surface area contributed by atoms with E-state index in [0.717, 1.165) is 11.1 Å². The van der Waals surface area contributed by atoms with Crippen molar-refractivity contribution in [2.45, 2.75) is 46.3 Å². The largest absolute Gasteiger partial charge is 0.490 e. The quantitative estimate of drug-likeness (QED) is 0.119. The number of hydrogen-bond donors (Lipinski definition) is 2. The number of benzene rings is 3. The van der Waals surface area contributed by atoms with Crippen molar-refractivity contribution in [2.75, 3.05) is 6.61 Å². The second-order valence-corrected chi connectivity index (χ2v) is 10.6. The first-order chi connectivity index (χ1) is 19.7. The Morgan fingerprint density at radius 1 is 1.02 bits per heavy atom. The van der Waals surface area contributed by atoms with Crippen molar-refractivity contribution in [3.63, 3.8) is 0 Å². The summed E-state index contributed by atoms with van der Waals surface area (Å²) >= 11 is 12.2. The van der Waals surface area contributed by atoms with Crippen LogP contribution in [0.3, 0.4) is 0 Å². The van der Waals surface area contributed by atoms with Crippen LogP contribution in [0.15, 0.2) is 78.4 Å². The summed E-state index contributed by atoms with van der Waals surface area (Å²) in [6.07, 6.45) is 4.27. The summed E-state index contributed by atoms with van der Waals surface area (Å²) in [7, 11) is 0. The van der Waals surface area contributed by atoms with Crippen molar-refractivity contribution in [2.24, 2.45) is 11.0 Å². The number of allylic oxidation sites excluding steroid dienone is 1. The molecule has 41 heavy (non-hydrogen) atoms. The number of nitrogens with zero attached hydrogens (tertiary/aromatic N) is 1. The van der Waals surface area contributed by atoms with E-state index in [0.29, 0.717) is 52.1 Å². The molecule has 1 unspecified atom stereocenters. The highest BCUT2D eigenvalue weighted by Gasteiger charge is 2.22. The Hall–Kier alpha value is -3.81. The highest BCUT2D eigenvalue weighted by atomic mass is 35.5. The first kappa shape index (κ1) is 31.7. The second-order valence-electron chi connectivity index (χ2n) is 9.71. The molecule has 0 aliphatic rings. The van der Waals surface area contributed by atoms with Crippen LogP contribution in [0.4, 0.5) is 0 Å². The fourth-order valence-electron chi connectivity index (χ4n) is 4.05. The van der Waals surface area contributed by atoms with Gasteiger partial charge in [0.1, 0.15) is 12.6 Å². The topological polar surface area (TPSA) is 89.0 Å². The number of hydrogen-bond acceptors (Lipinski definition) is 5. The van der Waals surface area contributed by atoms with Crippen LogP contribution in [0, 0.1) is 5.92 Å². The molecule has 0 aliphatic carbocycles. The Morgan fingerprint density at radius 2 is 1.76 bits per heavy atom. The molecule has 3 aromatic carbocycles. The molecule has 0 bridgehead atoms. The minimum atomic E-state index is -0.772. The third-order valence-electron chi connectivity index (χ3n) is 5.97. The standard InChI is InChI=1S/C32H35Cl2N3O4/c1-5-9-24-17-22(18-29(40-6-2)30(24)41-20-25-10-7-8-11-27(25)34)19-35-37-32(39)28(16-21(3)4)36-31(38)23-12-14-26(33)15-13-23/h5,7-8,10-15,17-19,21,28H,1,6,9,16,20H2,2-4H3,(H,36,38)(H,37,39). The fraction of sp³-hybridized carbons (Fsp3) is 0.281. The molecule has 0 saturated heterocycles. The van der Waals surface area contributed by atoms with Gasteiger partial charge < -0.3 is 14.8 Å². The Labute approximate surface area is 251 Å². The van der Waals surface area contributed by atoms with Crippen LogP contribution in [-0.4, -0.2) is 30.7 Å². The van der Waals surface area contributed by atoms with Crippen LogP contribution in [0.1, 0.15) is 54.2 Å². The molecule has 3 aromatic rings. The Kier molecular flexibility index (Phi) is 12.3. The number of halogens is 2. The summed E-state index contributed by atoms with van der Waals surface area (Å²) in [6, 6.07) is 16.9. The van der Waals surface area contributed by atoms with Crippen LogP contribution in [0.25, 0.3) is 0 Å². The molecule has 0 aliphatic heterocycles. The third-order valence-corrected chi connectivity index (χ3v) is 6.59. The van der Waals surface area contributed by atoms with Gasteiger partial charge in [0.2, 0.25) is 0 Å². The Bertz CT molecular complexity index is 1370. The molecule has 0 radical (unpaired) electrons. The minimum Gasteiger partial charge on any atom is -0.490 e. The van der Waals surface area contributed by atoms with Crippen LogP contribution >= 0.6 is 23.2 Å². The zero-order valence-corrected chi connectivity index (χ0v) is 25.0. The highest BCUT2D eigenvalue weighted by molar-refractivity contribution is 6.31. The van der Waals surface area contributed by atoms with Gasteiger partial charge in [-0.3, -0.25) is 9.59 Å². The van der Waals surface area contributed by atoms with E-state index in [-0.39, 0.29) is 18.4 Å². The van der Waals surface area contributed by atoms with Crippen LogP contribution in [0.2, 0.25) is 10.0 Å². The zero-order chi connectivity index (χ0) is 29.8. The second kappa shape index (κ2) is 15.8. The van der Waals surface area contributed by atoms with E-state index < -0.39 is 11.9 Å². The molecule has 2 N–H and O–H groups in total. The summed E-state index contributed by atoms with van der Waals surface area (Å²) in [5, 5.41) is 8.11. The number of hydrazone groups is 1. The molecule has 0 saturated carbocycles. The number of amides is 2. The van der Waals surface area contributed by atoms with E-state index in [4.69, 9.17) is 32.7 Å². The number of ether oxygens (including phenoxy) is 2. The summed E-state index contributed by atoms with van der Waals surface area (Å²) in [6.45, 7) is 10.4. The zero-order valence-electron chi connectivity index (χ0n) is 23.5. The van der Waals surface area contributed by atoms with Gasteiger partial charge in [-0.25, -0.2) is 5.43 Å². The molecule has 2 amide bonds. The van der Waals surface area contributed by atoms with Crippen molar-refractivity contribution in [1.29, 1.82) is 0 Å². The number of rotatable bonds is 14. The Balaban J connectivity index is 1.77. The fourth-order valence-corrected chi connectivity index (χ4v) is 4.37. The van der Waals surface area contributed by atoms with Crippen LogP contribution in [-0.2, 0) is 17.8 Å². The summed E-state index contributed by atoms with van der Waals surface area (Å²) < 4.78 is 12.1. The summed E-state index contributed by atoms with van der Waals surface area (Å²) in [4.78, 5) is 25.7. The van der Waals surface area contributed by atoms with Gasteiger partial charge in [0.15, 0.2) is 11.5 Å². The molecule has 9 heteroatoms. The maximum absolute atomic E-state index is 13.0. The van der Waals surface area contributed by atoms with Gasteiger partial charge in [0.05, 0.1) is 12.8 Å². The van der Waals surface area contributed by atoms with E-state index >= 15 is 0 Å². The van der Waals surface area contributed by atoms with Crippen LogP contribution < -0.4 is 20.2 Å². The van der Waals surface area contributed by atoms with Gasteiger partial charge >= 0.3 is 0 Å². The maximum atomic E-state index is 13.0. The van der Waals surface area contributed by atoms with Crippen molar-refractivity contribution >= 4 is 41.2 Å². The average molecular weight is 597 g/mol. The van der Waals surface area contributed by atoms with Crippen LogP contribution in [0.5, 0.6) is 11.5 Å². The van der Waals surface area contributed by atoms with Crippen molar-refractivity contribution in [3.8, 4) is 11.5 Å². The van der Waals surface area contributed by atoms with Gasteiger partial charge in [-0.1, -0.05) is 61.3 Å². The average Bonchev–Trinajstić information content (AvgIpc) is 2.93. The normalized spacial score (nSPS) is 11.8. The maximum Gasteiger partial charge on any atom is 0.262 e. The molecule has 3 rings (SSSR count). The highest BCUT2D eigenvalue weighted by Crippen LogP contribution is 2.34. The molecule has 1 atom stereocenters. The lowest BCUT2D eigenvalue weighted by molar-refractivity contribution is -0.123. The third kappa shape index (κ3) is 9.66. The first-order valence-electron chi connectivity index (χ1n) is 13.4. The molecule has 0 aromatic heterocycles. The number of carbonyl (C=O) groups excluding carboxylic acids is 2. The number of nitrogens with one attached hydrogen (secondary N) is 2. The van der Waals surface area contributed by atoms with Gasteiger partial charge in [0, 0.05) is 26.7 Å². The molecule has 216 valence electrons. The SMILES string of the molecule is C=CCc1cc(C=NNC(=O)C(CC(C)C)NC(=O)c2ccc(Cl)cc2)cc(OCC)c1OCc1ccccc1Cl. The lowest BCUT2D eigenvalue weighted by atomic mass is 10.0. The van der Waals surface area contributed by atoms with E-state index in [1.165, 1.54) is 6.21 Å². The summed E-state index contributed by atoms with van der Waals surface area (Å²) in [5.74, 6) is 0.505. The summed E-state index contributed by atoms with van der Waals surface area (Å²) in [5.41, 5.74) is 5.37. The minimum absolute atomic E-state index is 0.161. The van der Waals surface area contributed by atoms with Gasteiger partial charge in [0.25, 0.3) is 11.8 Å². The van der Waals surface area contributed by atoms with E-state index in [1.807, 2.05) is 51.1 Å². The molecular formula is C32H35Cl2N3O4. The molecular weight excluding hydrogens is 561 g/mol.